The first kappa shape index (κ1) is 22.2. The second-order valence-corrected chi connectivity index (χ2v) is 11.1. The van der Waals surface area contributed by atoms with Gasteiger partial charge < -0.3 is 15.8 Å². The molecule has 6 heteroatoms. The number of anilines is 1. The van der Waals surface area contributed by atoms with E-state index in [2.05, 4.69) is 19.2 Å². The van der Waals surface area contributed by atoms with Crippen molar-refractivity contribution in [1.82, 2.24) is 9.62 Å². The third-order valence-electron chi connectivity index (χ3n) is 7.03. The Bertz CT molecular complexity index is 766. The zero-order valence-corrected chi connectivity index (χ0v) is 19.1. The lowest BCUT2D eigenvalue weighted by atomic mass is 9.58. The smallest absolute Gasteiger partial charge is 0.241 e. The highest BCUT2D eigenvalue weighted by molar-refractivity contribution is 7.97. The summed E-state index contributed by atoms with van der Waals surface area (Å²) in [5.74, 6) is 1.42. The lowest BCUT2D eigenvalue weighted by molar-refractivity contribution is -0.131. The number of hydrogen-bond donors (Lipinski definition) is 2. The average molecular weight is 418 g/mol. The molecule has 1 amide bonds. The molecule has 2 bridgehead atoms. The van der Waals surface area contributed by atoms with Crippen molar-refractivity contribution in [2.75, 3.05) is 12.8 Å². The molecular weight excluding hydrogens is 382 g/mol. The van der Waals surface area contributed by atoms with Crippen LogP contribution in [0.15, 0.2) is 29.2 Å². The molecule has 2 aliphatic rings. The molecule has 1 aromatic rings. The Labute approximate surface area is 179 Å². The van der Waals surface area contributed by atoms with Crippen LogP contribution in [0.4, 0.5) is 5.69 Å². The fourth-order valence-corrected chi connectivity index (χ4v) is 6.10. The van der Waals surface area contributed by atoms with Crippen LogP contribution >= 0.6 is 11.9 Å². The molecule has 0 saturated heterocycles. The van der Waals surface area contributed by atoms with E-state index in [1.54, 1.807) is 0 Å². The van der Waals surface area contributed by atoms with Crippen LogP contribution in [0.25, 0.3) is 0 Å². The average Bonchev–Trinajstić information content (AvgIpc) is 2.66. The summed E-state index contributed by atoms with van der Waals surface area (Å²) >= 11 is 1.49. The van der Waals surface area contributed by atoms with Gasteiger partial charge in [-0.15, -0.1) is 0 Å². The second kappa shape index (κ2) is 8.31. The maximum Gasteiger partial charge on any atom is 0.241 e. The van der Waals surface area contributed by atoms with E-state index in [4.69, 9.17) is 5.73 Å². The van der Waals surface area contributed by atoms with E-state index in [0.717, 1.165) is 36.9 Å². The number of benzene rings is 1. The number of amides is 1. The SMILES string of the molecule is CC1CC2CC(CC(C)(C=O)C2)C1NC(=O)C(C)(C)N(C)Sc1ccccc1N. The molecule has 3 N–H and O–H groups in total. The minimum atomic E-state index is -0.702. The summed E-state index contributed by atoms with van der Waals surface area (Å²) in [6.07, 6.45) is 5.19. The molecule has 5 nitrogen and oxygen atoms in total. The number of aldehydes is 1. The van der Waals surface area contributed by atoms with Crippen LogP contribution in [-0.4, -0.2) is 35.1 Å². The summed E-state index contributed by atoms with van der Waals surface area (Å²) in [6.45, 7) is 8.21. The fraction of sp³-hybridized carbons (Fsp3) is 0.652. The molecule has 2 aliphatic carbocycles. The predicted molar refractivity (Wildman–Crippen MR) is 119 cm³/mol. The van der Waals surface area contributed by atoms with Gasteiger partial charge in [-0.2, -0.15) is 0 Å². The summed E-state index contributed by atoms with van der Waals surface area (Å²) in [7, 11) is 1.93. The molecular formula is C23H35N3O2S. The Kier molecular flexibility index (Phi) is 6.35. The molecule has 5 unspecified atom stereocenters. The number of likely N-dealkylation sites (N-methyl/N-ethyl adjacent to an activating group) is 1. The van der Waals surface area contributed by atoms with Gasteiger partial charge in [0.2, 0.25) is 5.91 Å². The van der Waals surface area contributed by atoms with Crippen molar-refractivity contribution in [3.63, 3.8) is 0 Å². The van der Waals surface area contributed by atoms with Crippen LogP contribution in [0.3, 0.4) is 0 Å². The fourth-order valence-electron chi connectivity index (χ4n) is 5.18. The van der Waals surface area contributed by atoms with E-state index in [1.165, 1.54) is 11.9 Å². The van der Waals surface area contributed by atoms with Gasteiger partial charge in [0.25, 0.3) is 0 Å². The Morgan fingerprint density at radius 3 is 2.66 bits per heavy atom. The Hall–Kier alpha value is -1.53. The molecule has 5 atom stereocenters. The summed E-state index contributed by atoms with van der Waals surface area (Å²) in [6, 6.07) is 7.82. The van der Waals surface area contributed by atoms with E-state index in [-0.39, 0.29) is 17.4 Å². The second-order valence-electron chi connectivity index (χ2n) is 9.94. The summed E-state index contributed by atoms with van der Waals surface area (Å²) in [4.78, 5) is 25.9. The third kappa shape index (κ3) is 4.64. The number of nitrogens with zero attached hydrogens (tertiary/aromatic N) is 1. The van der Waals surface area contributed by atoms with Gasteiger partial charge in [0, 0.05) is 22.0 Å². The highest BCUT2D eigenvalue weighted by Gasteiger charge is 2.47. The number of carbonyl (C=O) groups excluding carboxylic acids is 2. The quantitative estimate of drug-likeness (QED) is 0.413. The minimum Gasteiger partial charge on any atom is -0.398 e. The molecule has 0 radical (unpaired) electrons. The molecule has 2 saturated carbocycles. The summed E-state index contributed by atoms with van der Waals surface area (Å²) in [5.41, 5.74) is 5.84. The van der Waals surface area contributed by atoms with Gasteiger partial charge in [0.1, 0.15) is 11.8 Å². The number of nitrogens with two attached hydrogens (primary N) is 1. The van der Waals surface area contributed by atoms with Gasteiger partial charge in [-0.1, -0.05) is 26.0 Å². The predicted octanol–water partition coefficient (Wildman–Crippen LogP) is 4.13. The highest BCUT2D eigenvalue weighted by atomic mass is 32.2. The number of nitrogen functional groups attached to an aromatic ring is 1. The van der Waals surface area contributed by atoms with Gasteiger partial charge in [0.05, 0.1) is 0 Å². The van der Waals surface area contributed by atoms with E-state index >= 15 is 0 Å². The zero-order chi connectivity index (χ0) is 21.4. The third-order valence-corrected chi connectivity index (χ3v) is 8.32. The van der Waals surface area contributed by atoms with Crippen molar-refractivity contribution >= 4 is 29.8 Å². The normalized spacial score (nSPS) is 32.1. The van der Waals surface area contributed by atoms with E-state index in [9.17, 15) is 9.59 Å². The van der Waals surface area contributed by atoms with Gasteiger partial charge in [-0.3, -0.25) is 4.79 Å². The molecule has 29 heavy (non-hydrogen) atoms. The van der Waals surface area contributed by atoms with Crippen LogP contribution in [0.5, 0.6) is 0 Å². The van der Waals surface area contributed by atoms with E-state index in [0.29, 0.717) is 23.4 Å². The largest absolute Gasteiger partial charge is 0.398 e. The first-order valence-electron chi connectivity index (χ1n) is 10.6. The van der Waals surface area contributed by atoms with Gasteiger partial charge in [-0.25, -0.2) is 4.31 Å². The lowest BCUT2D eigenvalue weighted by Crippen LogP contribution is -2.59. The number of rotatable bonds is 6. The van der Waals surface area contributed by atoms with Gasteiger partial charge in [-0.05, 0) is 88.4 Å². The standard InChI is InChI=1S/C23H35N3O2S/c1-15-10-16-11-17(13-23(4,12-16)14-27)20(15)25-21(28)22(2,3)26(5)29-19-9-7-6-8-18(19)24/h6-9,14-17,20H,10-13,24H2,1-5H3,(H,25,28). The Balaban J connectivity index is 1.70. The molecule has 0 heterocycles. The number of fused-ring (bicyclic) bond motifs is 2. The van der Waals surface area contributed by atoms with Crippen molar-refractivity contribution in [1.29, 1.82) is 0 Å². The molecule has 2 fully saturated rings. The monoisotopic (exact) mass is 417 g/mol. The van der Waals surface area contributed by atoms with E-state index < -0.39 is 5.54 Å². The minimum absolute atomic E-state index is 0.0238. The summed E-state index contributed by atoms with van der Waals surface area (Å²) < 4.78 is 1.97. The Morgan fingerprint density at radius 1 is 1.31 bits per heavy atom. The van der Waals surface area contributed by atoms with Crippen LogP contribution in [-0.2, 0) is 9.59 Å². The topological polar surface area (TPSA) is 75.4 Å². The van der Waals surface area contributed by atoms with Gasteiger partial charge >= 0.3 is 0 Å². The molecule has 1 aromatic carbocycles. The van der Waals surface area contributed by atoms with Crippen molar-refractivity contribution < 1.29 is 9.59 Å². The molecule has 0 aromatic heterocycles. The van der Waals surface area contributed by atoms with Crippen molar-refractivity contribution in [3.8, 4) is 0 Å². The van der Waals surface area contributed by atoms with Crippen LogP contribution in [0.2, 0.25) is 0 Å². The highest BCUT2D eigenvalue weighted by Crippen LogP contribution is 2.49. The summed E-state index contributed by atoms with van der Waals surface area (Å²) in [5, 5.41) is 3.37. The lowest BCUT2D eigenvalue weighted by Gasteiger charge is -2.50. The van der Waals surface area contributed by atoms with Crippen molar-refractivity contribution in [2.45, 2.75) is 69.9 Å². The van der Waals surface area contributed by atoms with Crippen LogP contribution in [0.1, 0.15) is 53.4 Å². The first-order valence-corrected chi connectivity index (χ1v) is 11.4. The zero-order valence-electron chi connectivity index (χ0n) is 18.3. The van der Waals surface area contributed by atoms with E-state index in [1.807, 2.05) is 49.5 Å². The molecule has 160 valence electrons. The maximum atomic E-state index is 13.3. The van der Waals surface area contributed by atoms with Gasteiger partial charge in [0.15, 0.2) is 0 Å². The number of nitrogens with one attached hydrogen (secondary N) is 1. The molecule has 0 aliphatic heterocycles. The number of carbonyl (C=O) groups is 2. The number of para-hydroxylation sites is 1. The first-order chi connectivity index (χ1) is 13.6. The van der Waals surface area contributed by atoms with Crippen LogP contribution < -0.4 is 11.1 Å². The number of hydrogen-bond acceptors (Lipinski definition) is 5. The Morgan fingerprint density at radius 2 is 2.00 bits per heavy atom. The van der Waals surface area contributed by atoms with Crippen molar-refractivity contribution in [2.24, 2.45) is 23.2 Å². The maximum absolute atomic E-state index is 13.3. The van der Waals surface area contributed by atoms with Crippen LogP contribution in [0, 0.1) is 23.2 Å². The molecule has 0 spiro atoms. The van der Waals surface area contributed by atoms with Crippen molar-refractivity contribution in [3.05, 3.63) is 24.3 Å². The molecule has 3 rings (SSSR count).